The van der Waals surface area contributed by atoms with Crippen molar-refractivity contribution in [1.82, 2.24) is 20.9 Å². The van der Waals surface area contributed by atoms with Gasteiger partial charge in [-0.1, -0.05) is 19.9 Å². The van der Waals surface area contributed by atoms with Crippen LogP contribution in [-0.2, 0) is 14.4 Å². The Bertz CT molecular complexity index is 1220. The van der Waals surface area contributed by atoms with Crippen LogP contribution in [0.4, 0.5) is 0 Å². The van der Waals surface area contributed by atoms with Gasteiger partial charge in [-0.2, -0.15) is 5.26 Å². The average molecular weight is 526 g/mol. The van der Waals surface area contributed by atoms with E-state index in [2.05, 4.69) is 20.9 Å². The van der Waals surface area contributed by atoms with E-state index in [1.54, 1.807) is 19.2 Å². The second-order valence-corrected chi connectivity index (χ2v) is 10.1. The van der Waals surface area contributed by atoms with E-state index in [1.807, 2.05) is 32.0 Å². The molecule has 4 atom stereocenters. The topological polar surface area (TPSA) is 173 Å². The number of hydrogen-bond donors (Lipinski definition) is 5. The second kappa shape index (κ2) is 13.1. The second-order valence-electron chi connectivity index (χ2n) is 10.1. The number of benzene rings is 1. The highest BCUT2D eigenvalue weighted by atomic mass is 16.5. The Morgan fingerprint density at radius 2 is 2.05 bits per heavy atom. The first-order valence-electron chi connectivity index (χ1n) is 12.7. The molecule has 0 aliphatic carbocycles. The van der Waals surface area contributed by atoms with Crippen LogP contribution in [0, 0.1) is 29.1 Å². The summed E-state index contributed by atoms with van der Waals surface area (Å²) in [6.07, 6.45) is 1.10. The van der Waals surface area contributed by atoms with E-state index in [9.17, 15) is 24.4 Å². The first-order chi connectivity index (χ1) is 18.1. The fourth-order valence-electron chi connectivity index (χ4n) is 4.87. The van der Waals surface area contributed by atoms with Crippen LogP contribution in [-0.4, -0.2) is 65.9 Å². The normalized spacial score (nSPS) is 17.4. The van der Waals surface area contributed by atoms with Gasteiger partial charge in [-0.15, -0.1) is 0 Å². The van der Waals surface area contributed by atoms with Crippen LogP contribution in [0.1, 0.15) is 50.0 Å². The number of fused-ring (bicyclic) bond motifs is 1. The quantitative estimate of drug-likeness (QED) is 0.233. The highest BCUT2D eigenvalue weighted by Gasteiger charge is 2.34. The number of aromatic nitrogens is 1. The Kier molecular flexibility index (Phi) is 9.85. The molecule has 11 heteroatoms. The Morgan fingerprint density at radius 3 is 2.66 bits per heavy atom. The lowest BCUT2D eigenvalue weighted by Crippen LogP contribution is -2.53. The van der Waals surface area contributed by atoms with Crippen molar-refractivity contribution in [2.75, 3.05) is 20.2 Å². The Balaban J connectivity index is 1.80. The van der Waals surface area contributed by atoms with E-state index < -0.39 is 42.3 Å². The average Bonchev–Trinajstić information content (AvgIpc) is 3.49. The van der Waals surface area contributed by atoms with E-state index in [-0.39, 0.29) is 30.4 Å². The number of amides is 2. The van der Waals surface area contributed by atoms with Crippen molar-refractivity contribution in [1.29, 1.82) is 5.26 Å². The van der Waals surface area contributed by atoms with Crippen molar-refractivity contribution in [3.8, 4) is 11.8 Å². The number of methoxy groups -OCH3 is 1. The molecule has 1 aliphatic heterocycles. The number of nitrogens with zero attached hydrogens (tertiary/aromatic N) is 1. The van der Waals surface area contributed by atoms with Crippen molar-refractivity contribution in [2.45, 2.75) is 51.6 Å². The highest BCUT2D eigenvalue weighted by Crippen LogP contribution is 2.28. The van der Waals surface area contributed by atoms with Gasteiger partial charge in [-0.05, 0) is 43.4 Å². The maximum absolute atomic E-state index is 13.5. The molecule has 2 aromatic rings. The van der Waals surface area contributed by atoms with Crippen molar-refractivity contribution in [2.24, 2.45) is 17.8 Å². The van der Waals surface area contributed by atoms with Crippen molar-refractivity contribution in [3.05, 3.63) is 30.0 Å². The molecule has 0 bridgehead atoms. The number of ketones is 1. The highest BCUT2D eigenvalue weighted by molar-refractivity contribution is 6.02. The summed E-state index contributed by atoms with van der Waals surface area (Å²) in [6.45, 7) is 3.93. The van der Waals surface area contributed by atoms with Gasteiger partial charge in [0.25, 0.3) is 0 Å². The van der Waals surface area contributed by atoms with Crippen LogP contribution < -0.4 is 20.7 Å². The number of ether oxygens (including phenoxy) is 1. The summed E-state index contributed by atoms with van der Waals surface area (Å²) >= 11 is 0. The molecule has 0 radical (unpaired) electrons. The van der Waals surface area contributed by atoms with Crippen LogP contribution in [0.3, 0.4) is 0 Å². The molecular weight excluding hydrogens is 490 g/mol. The molecule has 2 amide bonds. The molecule has 38 heavy (non-hydrogen) atoms. The Labute approximate surface area is 221 Å². The number of nitrogens with one attached hydrogen (secondary N) is 4. The van der Waals surface area contributed by atoms with Crippen LogP contribution in [0.15, 0.2) is 24.3 Å². The van der Waals surface area contributed by atoms with E-state index in [4.69, 9.17) is 9.84 Å². The molecule has 1 aromatic carbocycles. The Morgan fingerprint density at radius 1 is 1.29 bits per heavy atom. The summed E-state index contributed by atoms with van der Waals surface area (Å²) in [5.41, 5.74) is 1.11. The summed E-state index contributed by atoms with van der Waals surface area (Å²) in [4.78, 5) is 53.1. The fourth-order valence-corrected chi connectivity index (χ4v) is 4.87. The lowest BCUT2D eigenvalue weighted by Gasteiger charge is -2.28. The number of carbonyl (C=O) groups excluding carboxylic acids is 3. The lowest BCUT2D eigenvalue weighted by atomic mass is 9.89. The molecule has 1 fully saturated rings. The molecule has 2 heterocycles. The van der Waals surface area contributed by atoms with E-state index >= 15 is 0 Å². The number of nitriles is 1. The molecule has 204 valence electrons. The number of carbonyl (C=O) groups is 4. The smallest absolute Gasteiger partial charge is 0.317 e. The number of rotatable bonds is 14. The van der Waals surface area contributed by atoms with Crippen molar-refractivity contribution < 1.29 is 29.0 Å². The predicted octanol–water partition coefficient (Wildman–Crippen LogP) is 1.99. The van der Waals surface area contributed by atoms with Gasteiger partial charge >= 0.3 is 5.97 Å². The SMILES string of the molecule is COc1cccc2[nH]c(C(=O)C[C@@H](CC(C)C)C(=O)N[C@@H](C[C@@H]3CCNC3=O)C(C#N)NCC(=O)O)cc12. The largest absolute Gasteiger partial charge is 0.496 e. The van der Waals surface area contributed by atoms with Gasteiger partial charge < -0.3 is 25.5 Å². The molecular formula is C27H35N5O6. The first-order valence-corrected chi connectivity index (χ1v) is 12.7. The number of carboxylic acid groups (broad SMARTS) is 1. The number of H-pyrrole nitrogens is 1. The maximum Gasteiger partial charge on any atom is 0.317 e. The van der Waals surface area contributed by atoms with Gasteiger partial charge in [0, 0.05) is 35.7 Å². The van der Waals surface area contributed by atoms with Gasteiger partial charge in [-0.25, -0.2) is 0 Å². The maximum atomic E-state index is 13.5. The minimum Gasteiger partial charge on any atom is -0.496 e. The third-order valence-corrected chi connectivity index (χ3v) is 6.75. The lowest BCUT2D eigenvalue weighted by molar-refractivity contribution is -0.136. The fraction of sp³-hybridized carbons (Fsp3) is 0.519. The predicted molar refractivity (Wildman–Crippen MR) is 139 cm³/mol. The van der Waals surface area contributed by atoms with E-state index in [0.717, 1.165) is 10.9 Å². The molecule has 1 aliphatic rings. The van der Waals surface area contributed by atoms with Gasteiger partial charge in [0.2, 0.25) is 11.8 Å². The third-order valence-electron chi connectivity index (χ3n) is 6.75. The molecule has 0 spiro atoms. The zero-order valence-corrected chi connectivity index (χ0v) is 21.9. The zero-order valence-electron chi connectivity index (χ0n) is 21.9. The minimum atomic E-state index is -1.15. The summed E-state index contributed by atoms with van der Waals surface area (Å²) in [7, 11) is 1.55. The minimum absolute atomic E-state index is 0.0600. The standard InChI is InChI=1S/C27H35N5O6/c1-15(2)9-17(11-23(33)21-12-18-19(31-21)5-4-6-24(18)38-3)27(37)32-20(10-16-7-8-29-26(16)36)22(13-28)30-14-25(34)35/h4-6,12,15-17,20,22,30-31H,7-11,14H2,1-3H3,(H,29,36)(H,32,37)(H,34,35)/t16-,17+,20-,22?/m0/s1. The molecule has 1 saturated heterocycles. The zero-order chi connectivity index (χ0) is 27.8. The van der Waals surface area contributed by atoms with Gasteiger partial charge in [-0.3, -0.25) is 24.5 Å². The summed E-state index contributed by atoms with van der Waals surface area (Å²) in [5.74, 6) is -2.32. The van der Waals surface area contributed by atoms with Crippen LogP contribution in [0.2, 0.25) is 0 Å². The molecule has 5 N–H and O–H groups in total. The van der Waals surface area contributed by atoms with Gasteiger partial charge in [0.05, 0.1) is 31.5 Å². The van der Waals surface area contributed by atoms with Crippen LogP contribution in [0.5, 0.6) is 5.75 Å². The molecule has 1 unspecified atom stereocenters. The van der Waals surface area contributed by atoms with Crippen LogP contribution in [0.25, 0.3) is 10.9 Å². The first kappa shape index (κ1) is 28.7. The summed E-state index contributed by atoms with van der Waals surface area (Å²) in [5, 5.41) is 27.8. The summed E-state index contributed by atoms with van der Waals surface area (Å²) < 4.78 is 5.37. The van der Waals surface area contributed by atoms with Gasteiger partial charge in [0.15, 0.2) is 5.78 Å². The van der Waals surface area contributed by atoms with E-state index in [0.29, 0.717) is 30.8 Å². The van der Waals surface area contributed by atoms with Crippen LogP contribution >= 0.6 is 0 Å². The monoisotopic (exact) mass is 525 g/mol. The van der Waals surface area contributed by atoms with Gasteiger partial charge in [0.1, 0.15) is 11.8 Å². The molecule has 11 nitrogen and oxygen atoms in total. The third kappa shape index (κ3) is 7.32. The molecule has 3 rings (SSSR count). The van der Waals surface area contributed by atoms with Crippen molar-refractivity contribution in [3.63, 3.8) is 0 Å². The van der Waals surface area contributed by atoms with Crippen molar-refractivity contribution >= 4 is 34.5 Å². The number of aliphatic carboxylic acids is 1. The number of aromatic amines is 1. The number of carboxylic acids is 1. The summed E-state index contributed by atoms with van der Waals surface area (Å²) in [6, 6.07) is 7.34. The molecule has 1 aromatic heterocycles. The van der Waals surface area contributed by atoms with E-state index in [1.165, 1.54) is 0 Å². The number of Topliss-reactive ketones (excluding diaryl/α,β-unsaturated/α-hetero) is 1. The Hall–Kier alpha value is -3.91. The number of hydrogen-bond acceptors (Lipinski definition) is 7. The molecule has 0 saturated carbocycles.